The number of hydrogen-bond donors (Lipinski definition) is 1. The maximum atomic E-state index is 12.9. The number of carbonyl (C=O) groups excluding carboxylic acids is 1. The van der Waals surface area contributed by atoms with E-state index in [0.717, 1.165) is 53.7 Å². The van der Waals surface area contributed by atoms with Gasteiger partial charge in [-0.05, 0) is 62.9 Å². The second-order valence-electron chi connectivity index (χ2n) is 8.26. The Labute approximate surface area is 208 Å². The zero-order chi connectivity index (χ0) is 24.9. The molecule has 0 spiro atoms. The summed E-state index contributed by atoms with van der Waals surface area (Å²) in [4.78, 5) is 15.1. The number of hydrogen-bond acceptors (Lipinski definition) is 8. The predicted octanol–water partition coefficient (Wildman–Crippen LogP) is 4.50. The number of nitrogens with one attached hydrogen (secondary N) is 1. The smallest absolute Gasteiger partial charge is 0.268 e. The summed E-state index contributed by atoms with van der Waals surface area (Å²) < 4.78 is 12.9. The van der Waals surface area contributed by atoms with Gasteiger partial charge in [0.25, 0.3) is 5.91 Å². The van der Waals surface area contributed by atoms with Gasteiger partial charge in [0.1, 0.15) is 23.1 Å². The number of aryl methyl sites for hydroxylation is 1. The quantitative estimate of drug-likeness (QED) is 0.382. The summed E-state index contributed by atoms with van der Waals surface area (Å²) in [6.07, 6.45) is 5.07. The molecule has 9 nitrogen and oxygen atoms in total. The summed E-state index contributed by atoms with van der Waals surface area (Å²) in [5, 5.41) is 21.9. The molecular formula is C25H28N6O3S. The van der Waals surface area contributed by atoms with Gasteiger partial charge >= 0.3 is 0 Å². The average molecular weight is 493 g/mol. The molecule has 35 heavy (non-hydrogen) atoms. The Balaban J connectivity index is 1.59. The van der Waals surface area contributed by atoms with Crippen LogP contribution in [0.5, 0.6) is 11.5 Å². The SMILES string of the molecule is COc1ccc(OC)c(-n2c(C)cc(/C=C(/C#N)C(=O)Nc3nnc(N4CCCCC4)s3)c2C)c1. The van der Waals surface area contributed by atoms with Crippen molar-refractivity contribution in [3.63, 3.8) is 0 Å². The highest BCUT2D eigenvalue weighted by molar-refractivity contribution is 7.19. The topological polar surface area (TPSA) is 105 Å². The van der Waals surface area contributed by atoms with Crippen molar-refractivity contribution >= 4 is 33.6 Å². The number of methoxy groups -OCH3 is 2. The lowest BCUT2D eigenvalue weighted by Gasteiger charge is -2.25. The first kappa shape index (κ1) is 24.3. The maximum Gasteiger partial charge on any atom is 0.268 e. The molecule has 1 amide bonds. The molecule has 0 bridgehead atoms. The van der Waals surface area contributed by atoms with Crippen molar-refractivity contribution < 1.29 is 14.3 Å². The van der Waals surface area contributed by atoms with Crippen molar-refractivity contribution in [2.45, 2.75) is 33.1 Å². The van der Waals surface area contributed by atoms with E-state index < -0.39 is 5.91 Å². The molecule has 1 fully saturated rings. The molecule has 3 heterocycles. The fourth-order valence-corrected chi connectivity index (χ4v) is 5.02. The van der Waals surface area contributed by atoms with E-state index in [9.17, 15) is 10.1 Å². The Morgan fingerprint density at radius 2 is 1.91 bits per heavy atom. The summed E-state index contributed by atoms with van der Waals surface area (Å²) in [6, 6.07) is 9.51. The lowest BCUT2D eigenvalue weighted by molar-refractivity contribution is -0.112. The van der Waals surface area contributed by atoms with Crippen molar-refractivity contribution in [3.8, 4) is 23.3 Å². The Hall–Kier alpha value is -3.84. The minimum Gasteiger partial charge on any atom is -0.497 e. The number of anilines is 2. The largest absolute Gasteiger partial charge is 0.497 e. The van der Waals surface area contributed by atoms with E-state index in [4.69, 9.17) is 9.47 Å². The molecule has 1 aromatic carbocycles. The van der Waals surface area contributed by atoms with Crippen LogP contribution in [-0.4, -0.2) is 48.0 Å². The van der Waals surface area contributed by atoms with Gasteiger partial charge in [0.2, 0.25) is 10.3 Å². The summed E-state index contributed by atoms with van der Waals surface area (Å²) in [7, 11) is 3.23. The van der Waals surface area contributed by atoms with Gasteiger partial charge in [0.15, 0.2) is 0 Å². The van der Waals surface area contributed by atoms with Crippen LogP contribution in [0.15, 0.2) is 29.8 Å². The molecule has 3 aromatic rings. The Morgan fingerprint density at radius 3 is 2.60 bits per heavy atom. The summed E-state index contributed by atoms with van der Waals surface area (Å²) in [6.45, 7) is 5.78. The number of aromatic nitrogens is 3. The fraction of sp³-hybridized carbons (Fsp3) is 0.360. The second-order valence-corrected chi connectivity index (χ2v) is 9.22. The van der Waals surface area contributed by atoms with Gasteiger partial charge < -0.3 is 18.9 Å². The predicted molar refractivity (Wildman–Crippen MR) is 137 cm³/mol. The summed E-state index contributed by atoms with van der Waals surface area (Å²) in [5.74, 6) is 0.864. The van der Waals surface area contributed by atoms with Gasteiger partial charge in [-0.25, -0.2) is 0 Å². The second kappa shape index (κ2) is 10.6. The number of ether oxygens (including phenoxy) is 2. The van der Waals surface area contributed by atoms with E-state index in [2.05, 4.69) is 20.4 Å². The Kier molecular flexibility index (Phi) is 7.36. The van der Waals surface area contributed by atoms with E-state index in [0.29, 0.717) is 16.6 Å². The normalized spacial score (nSPS) is 13.9. The molecule has 1 N–H and O–H groups in total. The zero-order valence-corrected chi connectivity index (χ0v) is 21.1. The molecular weight excluding hydrogens is 464 g/mol. The van der Waals surface area contributed by atoms with Crippen molar-refractivity contribution in [1.82, 2.24) is 14.8 Å². The molecule has 2 aromatic heterocycles. The summed E-state index contributed by atoms with van der Waals surface area (Å²) >= 11 is 1.32. The first-order valence-corrected chi connectivity index (χ1v) is 12.2. The van der Waals surface area contributed by atoms with Crippen LogP contribution in [0.25, 0.3) is 11.8 Å². The van der Waals surface area contributed by atoms with Gasteiger partial charge in [-0.1, -0.05) is 11.3 Å². The van der Waals surface area contributed by atoms with Crippen molar-refractivity contribution in [3.05, 3.63) is 46.8 Å². The highest BCUT2D eigenvalue weighted by atomic mass is 32.1. The van der Waals surface area contributed by atoms with E-state index in [1.807, 2.05) is 48.7 Å². The minimum atomic E-state index is -0.516. The van der Waals surface area contributed by atoms with Gasteiger partial charge in [-0.2, -0.15) is 5.26 Å². The van der Waals surface area contributed by atoms with Crippen molar-refractivity contribution in [2.24, 2.45) is 0 Å². The van der Waals surface area contributed by atoms with Crippen LogP contribution in [0.2, 0.25) is 0 Å². The number of benzene rings is 1. The van der Waals surface area contributed by atoms with Gasteiger partial charge in [0, 0.05) is 30.5 Å². The molecule has 0 saturated carbocycles. The third-order valence-electron chi connectivity index (χ3n) is 6.02. The van der Waals surface area contributed by atoms with Gasteiger partial charge in [0.05, 0.1) is 19.9 Å². The highest BCUT2D eigenvalue weighted by Crippen LogP contribution is 2.32. The van der Waals surface area contributed by atoms with Crippen molar-refractivity contribution in [2.75, 3.05) is 37.5 Å². The van der Waals surface area contributed by atoms with E-state index in [1.165, 1.54) is 17.8 Å². The van der Waals surface area contributed by atoms with E-state index in [-0.39, 0.29) is 5.57 Å². The molecule has 1 aliphatic rings. The third-order valence-corrected chi connectivity index (χ3v) is 6.92. The Morgan fingerprint density at radius 1 is 1.14 bits per heavy atom. The van der Waals surface area contributed by atoms with Gasteiger partial charge in [-0.15, -0.1) is 10.2 Å². The molecule has 0 unspecified atom stereocenters. The molecule has 1 saturated heterocycles. The van der Waals surface area contributed by atoms with Crippen LogP contribution in [0.3, 0.4) is 0 Å². The van der Waals surface area contributed by atoms with E-state index >= 15 is 0 Å². The molecule has 4 rings (SSSR count). The molecule has 1 aliphatic heterocycles. The zero-order valence-electron chi connectivity index (χ0n) is 20.3. The standard InChI is InChI=1S/C25H28N6O3S/c1-16-12-18(17(2)31(16)21-14-20(33-3)8-9-22(21)34-4)13-19(15-26)23(32)27-24-28-29-25(35-24)30-10-6-5-7-11-30/h8-9,12-14H,5-7,10-11H2,1-4H3,(H,27,28,32)/b19-13-. The van der Waals surface area contributed by atoms with Crippen molar-refractivity contribution in [1.29, 1.82) is 5.26 Å². The molecule has 0 aliphatic carbocycles. The number of piperidine rings is 1. The average Bonchev–Trinajstić information content (AvgIpc) is 3.45. The number of carbonyl (C=O) groups is 1. The third kappa shape index (κ3) is 5.15. The molecule has 182 valence electrons. The van der Waals surface area contributed by atoms with Crippen LogP contribution in [0.4, 0.5) is 10.3 Å². The monoisotopic (exact) mass is 492 g/mol. The number of rotatable bonds is 7. The van der Waals surface area contributed by atoms with E-state index in [1.54, 1.807) is 20.3 Å². The molecule has 10 heteroatoms. The first-order chi connectivity index (χ1) is 16.9. The lowest BCUT2D eigenvalue weighted by Crippen LogP contribution is -2.29. The molecule has 0 radical (unpaired) electrons. The highest BCUT2D eigenvalue weighted by Gasteiger charge is 2.19. The fourth-order valence-electron chi connectivity index (χ4n) is 4.22. The van der Waals surface area contributed by atoms with Gasteiger partial charge in [-0.3, -0.25) is 10.1 Å². The Bertz CT molecular complexity index is 1300. The maximum absolute atomic E-state index is 12.9. The number of nitriles is 1. The summed E-state index contributed by atoms with van der Waals surface area (Å²) in [5.41, 5.74) is 3.33. The van der Waals surface area contributed by atoms with Crippen LogP contribution >= 0.6 is 11.3 Å². The lowest BCUT2D eigenvalue weighted by atomic mass is 10.1. The van der Waals surface area contributed by atoms with Crippen LogP contribution in [0, 0.1) is 25.2 Å². The van der Waals surface area contributed by atoms with Crippen LogP contribution in [-0.2, 0) is 4.79 Å². The number of amides is 1. The van der Waals surface area contributed by atoms with Crippen LogP contribution in [0.1, 0.15) is 36.2 Å². The first-order valence-electron chi connectivity index (χ1n) is 11.4. The minimum absolute atomic E-state index is 0.0161. The number of nitrogens with zero attached hydrogens (tertiary/aromatic N) is 5. The molecule has 0 atom stereocenters. The van der Waals surface area contributed by atoms with Crippen LogP contribution < -0.4 is 19.7 Å².